The fourth-order valence-corrected chi connectivity index (χ4v) is 3.08. The fraction of sp³-hybridized carbons (Fsp3) is 0.0435. The van der Waals surface area contributed by atoms with E-state index >= 15 is 0 Å². The third-order valence-electron chi connectivity index (χ3n) is 4.13. The van der Waals surface area contributed by atoms with E-state index in [0.29, 0.717) is 17.0 Å². The molecule has 0 bridgehead atoms. The smallest absolute Gasteiger partial charge is 0.272 e. The Kier molecular flexibility index (Phi) is 7.43. The minimum absolute atomic E-state index is 0.126. The molecule has 0 saturated heterocycles. The predicted molar refractivity (Wildman–Crippen MR) is 125 cm³/mol. The van der Waals surface area contributed by atoms with Gasteiger partial charge in [-0.05, 0) is 72.3 Å². The van der Waals surface area contributed by atoms with Crippen molar-refractivity contribution in [3.63, 3.8) is 0 Å². The van der Waals surface area contributed by atoms with E-state index < -0.39 is 11.8 Å². The molecule has 152 valence electrons. The minimum atomic E-state index is -0.429. The van der Waals surface area contributed by atoms with Crippen LogP contribution < -0.4 is 15.4 Å². The van der Waals surface area contributed by atoms with E-state index in [2.05, 4.69) is 42.5 Å². The molecule has 0 spiro atoms. The fourth-order valence-electron chi connectivity index (χ4n) is 2.55. The Morgan fingerprint density at radius 3 is 1.97 bits per heavy atom. The molecule has 0 heterocycles. The summed E-state index contributed by atoms with van der Waals surface area (Å²) in [5.74, 6) is -0.181. The lowest BCUT2D eigenvalue weighted by atomic mass is 10.1. The molecular weight excluding hydrogens is 512 g/mol. The lowest BCUT2D eigenvalue weighted by molar-refractivity contribution is -0.113. The zero-order valence-electron chi connectivity index (χ0n) is 16.0. The highest BCUT2D eigenvalue weighted by atomic mass is 79.9. The molecule has 0 aliphatic carbocycles. The monoisotopic (exact) mass is 528 g/mol. The molecule has 2 amide bonds. The van der Waals surface area contributed by atoms with Crippen LogP contribution in [0, 0.1) is 0 Å². The van der Waals surface area contributed by atoms with Gasteiger partial charge in [-0.3, -0.25) is 9.59 Å². The van der Waals surface area contributed by atoms with E-state index in [-0.39, 0.29) is 5.70 Å². The lowest BCUT2D eigenvalue weighted by Crippen LogP contribution is -2.30. The first-order valence-electron chi connectivity index (χ1n) is 8.94. The number of anilines is 1. The van der Waals surface area contributed by atoms with Gasteiger partial charge < -0.3 is 15.4 Å². The molecule has 0 aliphatic rings. The van der Waals surface area contributed by atoms with Crippen LogP contribution >= 0.6 is 31.9 Å². The van der Waals surface area contributed by atoms with Crippen LogP contribution in [0.4, 0.5) is 5.69 Å². The van der Waals surface area contributed by atoms with Crippen molar-refractivity contribution in [1.82, 2.24) is 5.32 Å². The zero-order chi connectivity index (χ0) is 21.5. The molecule has 0 atom stereocenters. The van der Waals surface area contributed by atoms with Crippen molar-refractivity contribution in [3.8, 4) is 5.75 Å². The largest absolute Gasteiger partial charge is 0.497 e. The molecule has 5 nitrogen and oxygen atoms in total. The highest BCUT2D eigenvalue weighted by Gasteiger charge is 2.15. The molecule has 7 heteroatoms. The Bertz CT molecular complexity index is 1060. The maximum atomic E-state index is 12.9. The highest BCUT2D eigenvalue weighted by Crippen LogP contribution is 2.17. The average molecular weight is 530 g/mol. The first kappa shape index (κ1) is 21.8. The molecule has 30 heavy (non-hydrogen) atoms. The second-order valence-electron chi connectivity index (χ2n) is 6.25. The number of rotatable bonds is 6. The SMILES string of the molecule is COc1ccc(C(=O)N/C(=C/c2ccc(Br)cc2)C(=O)Nc2ccc(Br)cc2)cc1. The van der Waals surface area contributed by atoms with Crippen LogP contribution in [0.15, 0.2) is 87.4 Å². The van der Waals surface area contributed by atoms with Crippen LogP contribution in [-0.2, 0) is 4.79 Å². The van der Waals surface area contributed by atoms with Gasteiger partial charge in [0.15, 0.2) is 0 Å². The first-order valence-corrected chi connectivity index (χ1v) is 10.5. The van der Waals surface area contributed by atoms with Gasteiger partial charge in [0, 0.05) is 20.2 Å². The number of hydrogen-bond acceptors (Lipinski definition) is 3. The molecule has 2 N–H and O–H groups in total. The van der Waals surface area contributed by atoms with Crippen LogP contribution in [0.3, 0.4) is 0 Å². The third kappa shape index (κ3) is 6.05. The molecule has 0 fully saturated rings. The number of methoxy groups -OCH3 is 1. The van der Waals surface area contributed by atoms with Crippen LogP contribution in [-0.4, -0.2) is 18.9 Å². The maximum Gasteiger partial charge on any atom is 0.272 e. The molecule has 3 rings (SSSR count). The van der Waals surface area contributed by atoms with Gasteiger partial charge in [0.2, 0.25) is 0 Å². The van der Waals surface area contributed by atoms with E-state index in [0.717, 1.165) is 14.5 Å². The van der Waals surface area contributed by atoms with Gasteiger partial charge in [0.25, 0.3) is 11.8 Å². The average Bonchev–Trinajstić information content (AvgIpc) is 2.76. The summed E-state index contributed by atoms with van der Waals surface area (Å²) >= 11 is 6.76. The van der Waals surface area contributed by atoms with Gasteiger partial charge in [-0.1, -0.05) is 44.0 Å². The molecule has 0 radical (unpaired) electrons. The van der Waals surface area contributed by atoms with Gasteiger partial charge in [0.05, 0.1) is 7.11 Å². The van der Waals surface area contributed by atoms with Crippen molar-refractivity contribution >= 4 is 55.4 Å². The van der Waals surface area contributed by atoms with Crippen molar-refractivity contribution in [3.05, 3.63) is 98.6 Å². The van der Waals surface area contributed by atoms with Gasteiger partial charge in [0.1, 0.15) is 11.4 Å². The normalized spacial score (nSPS) is 11.0. The summed E-state index contributed by atoms with van der Waals surface area (Å²) in [5.41, 5.74) is 1.92. The molecule has 0 aromatic heterocycles. The quantitative estimate of drug-likeness (QED) is 0.407. The van der Waals surface area contributed by atoms with E-state index in [1.165, 1.54) is 0 Å². The number of carbonyl (C=O) groups is 2. The number of benzene rings is 3. The second-order valence-corrected chi connectivity index (χ2v) is 8.08. The summed E-state index contributed by atoms with van der Waals surface area (Å²) in [7, 11) is 1.56. The Morgan fingerprint density at radius 1 is 0.833 bits per heavy atom. The Morgan fingerprint density at radius 2 is 1.40 bits per heavy atom. The van der Waals surface area contributed by atoms with E-state index in [9.17, 15) is 9.59 Å². The Balaban J connectivity index is 1.85. The van der Waals surface area contributed by atoms with Gasteiger partial charge in [-0.15, -0.1) is 0 Å². The topological polar surface area (TPSA) is 67.4 Å². The van der Waals surface area contributed by atoms with Crippen LogP contribution in [0.2, 0.25) is 0 Å². The van der Waals surface area contributed by atoms with Crippen molar-refractivity contribution in [2.24, 2.45) is 0 Å². The van der Waals surface area contributed by atoms with Crippen molar-refractivity contribution in [1.29, 1.82) is 0 Å². The van der Waals surface area contributed by atoms with Gasteiger partial charge >= 0.3 is 0 Å². The number of halogens is 2. The predicted octanol–water partition coefficient (Wildman–Crippen LogP) is 5.63. The Labute approximate surface area is 191 Å². The van der Waals surface area contributed by atoms with Crippen molar-refractivity contribution < 1.29 is 14.3 Å². The maximum absolute atomic E-state index is 12.9. The first-order chi connectivity index (χ1) is 14.4. The highest BCUT2D eigenvalue weighted by molar-refractivity contribution is 9.10. The third-order valence-corrected chi connectivity index (χ3v) is 5.19. The summed E-state index contributed by atoms with van der Waals surface area (Å²) in [5, 5.41) is 5.52. The number of ether oxygens (including phenoxy) is 1. The standard InChI is InChI=1S/C23H18Br2N2O3/c1-30-20-12-4-16(5-13-20)22(28)27-21(14-15-2-6-17(24)7-3-15)23(29)26-19-10-8-18(25)9-11-19/h2-14H,1H3,(H,26,29)(H,27,28)/b21-14+. The van der Waals surface area contributed by atoms with Crippen LogP contribution in [0.5, 0.6) is 5.75 Å². The summed E-state index contributed by atoms with van der Waals surface area (Å²) < 4.78 is 6.94. The van der Waals surface area contributed by atoms with E-state index in [4.69, 9.17) is 4.74 Å². The molecule has 3 aromatic rings. The van der Waals surface area contributed by atoms with Crippen LogP contribution in [0.25, 0.3) is 6.08 Å². The van der Waals surface area contributed by atoms with E-state index in [1.54, 1.807) is 49.6 Å². The summed E-state index contributed by atoms with van der Waals surface area (Å²) in [4.78, 5) is 25.6. The summed E-state index contributed by atoms with van der Waals surface area (Å²) in [6.07, 6.45) is 1.63. The zero-order valence-corrected chi connectivity index (χ0v) is 19.2. The second kappa shape index (κ2) is 10.2. The Hall–Kier alpha value is -2.90. The number of nitrogens with one attached hydrogen (secondary N) is 2. The van der Waals surface area contributed by atoms with Crippen molar-refractivity contribution in [2.75, 3.05) is 12.4 Å². The minimum Gasteiger partial charge on any atom is -0.497 e. The molecule has 0 saturated carbocycles. The number of carbonyl (C=O) groups excluding carboxylic acids is 2. The van der Waals surface area contributed by atoms with E-state index in [1.807, 2.05) is 36.4 Å². The lowest BCUT2D eigenvalue weighted by Gasteiger charge is -2.12. The van der Waals surface area contributed by atoms with Crippen LogP contribution in [0.1, 0.15) is 15.9 Å². The number of amides is 2. The molecule has 0 aliphatic heterocycles. The molecule has 3 aromatic carbocycles. The van der Waals surface area contributed by atoms with Crippen molar-refractivity contribution in [2.45, 2.75) is 0 Å². The summed E-state index contributed by atoms with van der Waals surface area (Å²) in [6.45, 7) is 0. The number of hydrogen-bond donors (Lipinski definition) is 2. The van der Waals surface area contributed by atoms with Gasteiger partial charge in [-0.2, -0.15) is 0 Å². The summed E-state index contributed by atoms with van der Waals surface area (Å²) in [6, 6.07) is 21.2. The molecule has 0 unspecified atom stereocenters. The van der Waals surface area contributed by atoms with Gasteiger partial charge in [-0.25, -0.2) is 0 Å². The molecular formula is C23H18Br2N2O3.